The van der Waals surface area contributed by atoms with Crippen molar-refractivity contribution in [2.75, 3.05) is 17.7 Å². The maximum atomic E-state index is 13.0. The van der Waals surface area contributed by atoms with Gasteiger partial charge in [0.1, 0.15) is 17.0 Å². The lowest BCUT2D eigenvalue weighted by Gasteiger charge is -2.11. The Balaban J connectivity index is 1.56. The number of ether oxygens (including phenoxy) is 1. The zero-order valence-electron chi connectivity index (χ0n) is 17.1. The summed E-state index contributed by atoms with van der Waals surface area (Å²) >= 11 is 0. The van der Waals surface area contributed by atoms with Gasteiger partial charge in [-0.15, -0.1) is 0 Å². The van der Waals surface area contributed by atoms with E-state index in [-0.39, 0.29) is 11.7 Å². The number of amides is 2. The van der Waals surface area contributed by atoms with Crippen LogP contribution in [-0.4, -0.2) is 18.9 Å². The monoisotopic (exact) mass is 406 g/mol. The molecule has 1 saturated carbocycles. The summed E-state index contributed by atoms with van der Waals surface area (Å²) < 4.78 is 11.1. The van der Waals surface area contributed by atoms with Gasteiger partial charge in [-0.3, -0.25) is 9.59 Å². The van der Waals surface area contributed by atoms with Gasteiger partial charge < -0.3 is 19.8 Å². The van der Waals surface area contributed by atoms with Crippen molar-refractivity contribution in [3.63, 3.8) is 0 Å². The van der Waals surface area contributed by atoms with Crippen molar-refractivity contribution in [1.29, 1.82) is 0 Å². The largest absolute Gasteiger partial charge is 0.495 e. The first-order valence-electron chi connectivity index (χ1n) is 10.4. The molecule has 1 aliphatic rings. The van der Waals surface area contributed by atoms with Crippen molar-refractivity contribution in [2.24, 2.45) is 5.92 Å². The zero-order valence-corrected chi connectivity index (χ0v) is 17.1. The van der Waals surface area contributed by atoms with Crippen LogP contribution >= 0.6 is 0 Å². The molecule has 0 atom stereocenters. The van der Waals surface area contributed by atoms with Crippen LogP contribution in [0, 0.1) is 5.92 Å². The highest BCUT2D eigenvalue weighted by Crippen LogP contribution is 2.33. The van der Waals surface area contributed by atoms with Crippen molar-refractivity contribution in [1.82, 2.24) is 0 Å². The second kappa shape index (κ2) is 9.03. The summed E-state index contributed by atoms with van der Waals surface area (Å²) in [7, 11) is 1.54. The van der Waals surface area contributed by atoms with Gasteiger partial charge >= 0.3 is 0 Å². The number of hydrogen-bond donors (Lipinski definition) is 2. The smallest absolute Gasteiger partial charge is 0.293 e. The number of nitrogens with one attached hydrogen (secondary N) is 2. The van der Waals surface area contributed by atoms with Crippen LogP contribution in [0.25, 0.3) is 11.0 Å². The average Bonchev–Trinajstić information content (AvgIpc) is 3.41. The van der Waals surface area contributed by atoms with E-state index in [1.54, 1.807) is 25.3 Å². The maximum Gasteiger partial charge on any atom is 0.293 e. The number of para-hydroxylation sites is 3. The van der Waals surface area contributed by atoms with Gasteiger partial charge in [-0.2, -0.15) is 0 Å². The average molecular weight is 406 g/mol. The predicted molar refractivity (Wildman–Crippen MR) is 117 cm³/mol. The fourth-order valence-corrected chi connectivity index (χ4v) is 4.09. The van der Waals surface area contributed by atoms with E-state index in [0.29, 0.717) is 40.4 Å². The molecule has 30 heavy (non-hydrogen) atoms. The fourth-order valence-electron chi connectivity index (χ4n) is 4.09. The van der Waals surface area contributed by atoms with Crippen LogP contribution in [0.5, 0.6) is 5.75 Å². The Labute approximate surface area is 175 Å². The summed E-state index contributed by atoms with van der Waals surface area (Å²) in [6.45, 7) is 0. The second-order valence-corrected chi connectivity index (χ2v) is 7.69. The van der Waals surface area contributed by atoms with Gasteiger partial charge in [0.15, 0.2) is 0 Å². The molecule has 1 aliphatic carbocycles. The molecule has 2 N–H and O–H groups in total. The van der Waals surface area contributed by atoms with E-state index in [1.165, 1.54) is 25.7 Å². The molecule has 4 rings (SSSR count). The van der Waals surface area contributed by atoms with Crippen LogP contribution in [0.3, 0.4) is 0 Å². The van der Waals surface area contributed by atoms with Crippen molar-refractivity contribution in [3.05, 3.63) is 54.3 Å². The molecule has 6 heteroatoms. The molecule has 156 valence electrons. The molecule has 1 heterocycles. The van der Waals surface area contributed by atoms with Crippen LogP contribution < -0.4 is 15.4 Å². The van der Waals surface area contributed by atoms with Crippen LogP contribution in [0.4, 0.5) is 11.4 Å². The molecule has 0 unspecified atom stereocenters. The lowest BCUT2D eigenvalue weighted by Crippen LogP contribution is -2.17. The standard InChI is InChI=1S/C24H26N2O4/c1-29-20-13-7-5-11-18(20)25-24(28)23-22(17-10-4-6-12-19(17)30-23)26-21(27)15-14-16-8-2-3-9-16/h4-7,10-13,16H,2-3,8-9,14-15H2,1H3,(H,25,28)(H,26,27). The third kappa shape index (κ3) is 4.32. The van der Waals surface area contributed by atoms with Gasteiger partial charge in [-0.25, -0.2) is 0 Å². The lowest BCUT2D eigenvalue weighted by atomic mass is 10.0. The van der Waals surface area contributed by atoms with Crippen molar-refractivity contribution in [3.8, 4) is 5.75 Å². The van der Waals surface area contributed by atoms with Gasteiger partial charge in [0.25, 0.3) is 5.91 Å². The van der Waals surface area contributed by atoms with E-state index in [1.807, 2.05) is 30.3 Å². The van der Waals surface area contributed by atoms with Gasteiger partial charge in [0.05, 0.1) is 12.8 Å². The molecule has 6 nitrogen and oxygen atoms in total. The number of anilines is 2. The van der Waals surface area contributed by atoms with Gasteiger partial charge in [0, 0.05) is 11.8 Å². The Morgan fingerprint density at radius 2 is 1.77 bits per heavy atom. The number of carbonyl (C=O) groups excluding carboxylic acids is 2. The Morgan fingerprint density at radius 1 is 1.03 bits per heavy atom. The molecule has 0 bridgehead atoms. The van der Waals surface area contributed by atoms with Crippen LogP contribution in [0.1, 0.15) is 49.1 Å². The minimum atomic E-state index is -0.443. The highest BCUT2D eigenvalue weighted by Gasteiger charge is 2.24. The molecule has 2 amide bonds. The number of furan rings is 1. The Morgan fingerprint density at radius 3 is 2.57 bits per heavy atom. The van der Waals surface area contributed by atoms with E-state index in [4.69, 9.17) is 9.15 Å². The molecule has 0 aliphatic heterocycles. The Kier molecular flexibility index (Phi) is 6.02. The molecular formula is C24H26N2O4. The Hall–Kier alpha value is -3.28. The lowest BCUT2D eigenvalue weighted by molar-refractivity contribution is -0.116. The van der Waals surface area contributed by atoms with E-state index in [0.717, 1.165) is 6.42 Å². The van der Waals surface area contributed by atoms with Gasteiger partial charge in [-0.05, 0) is 36.6 Å². The van der Waals surface area contributed by atoms with Crippen LogP contribution in [0.2, 0.25) is 0 Å². The third-order valence-corrected chi connectivity index (χ3v) is 5.68. The van der Waals surface area contributed by atoms with Crippen LogP contribution in [0.15, 0.2) is 52.9 Å². The topological polar surface area (TPSA) is 80.6 Å². The first kappa shape index (κ1) is 20.0. The number of hydrogen-bond acceptors (Lipinski definition) is 4. The van der Waals surface area contributed by atoms with Crippen LogP contribution in [-0.2, 0) is 4.79 Å². The molecule has 1 fully saturated rings. The first-order valence-corrected chi connectivity index (χ1v) is 10.4. The molecule has 3 aromatic rings. The summed E-state index contributed by atoms with van der Waals surface area (Å²) in [5, 5.41) is 6.45. The predicted octanol–water partition coefficient (Wildman–Crippen LogP) is 5.60. The highest BCUT2D eigenvalue weighted by molar-refractivity contribution is 6.14. The van der Waals surface area contributed by atoms with Gasteiger partial charge in [0.2, 0.25) is 11.7 Å². The maximum absolute atomic E-state index is 13.0. The minimum absolute atomic E-state index is 0.0799. The number of methoxy groups -OCH3 is 1. The number of carbonyl (C=O) groups is 2. The molecule has 1 aromatic heterocycles. The molecule has 0 radical (unpaired) electrons. The fraction of sp³-hybridized carbons (Fsp3) is 0.333. The second-order valence-electron chi connectivity index (χ2n) is 7.69. The number of rotatable bonds is 7. The quantitative estimate of drug-likeness (QED) is 0.535. The number of benzene rings is 2. The van der Waals surface area contributed by atoms with Gasteiger partial charge in [-0.1, -0.05) is 49.9 Å². The van der Waals surface area contributed by atoms with Crippen molar-refractivity contribution in [2.45, 2.75) is 38.5 Å². The summed E-state index contributed by atoms with van der Waals surface area (Å²) in [6.07, 6.45) is 6.24. The summed E-state index contributed by atoms with van der Waals surface area (Å²) in [5.41, 5.74) is 1.49. The summed E-state index contributed by atoms with van der Waals surface area (Å²) in [5.74, 6) is 0.715. The van der Waals surface area contributed by atoms with E-state index >= 15 is 0 Å². The molecule has 0 spiro atoms. The summed E-state index contributed by atoms with van der Waals surface area (Å²) in [6, 6.07) is 14.5. The molecule has 2 aromatic carbocycles. The summed E-state index contributed by atoms with van der Waals surface area (Å²) in [4.78, 5) is 25.6. The minimum Gasteiger partial charge on any atom is -0.495 e. The Bertz CT molecular complexity index is 1050. The molecular weight excluding hydrogens is 380 g/mol. The highest BCUT2D eigenvalue weighted by atomic mass is 16.5. The third-order valence-electron chi connectivity index (χ3n) is 5.68. The molecule has 0 saturated heterocycles. The van der Waals surface area contributed by atoms with Crippen molar-refractivity contribution >= 4 is 34.2 Å². The van der Waals surface area contributed by atoms with E-state index < -0.39 is 5.91 Å². The zero-order chi connectivity index (χ0) is 20.9. The SMILES string of the molecule is COc1ccccc1NC(=O)c1oc2ccccc2c1NC(=O)CCC1CCCC1. The first-order chi connectivity index (χ1) is 14.7. The van der Waals surface area contributed by atoms with Crippen molar-refractivity contribution < 1.29 is 18.7 Å². The van der Waals surface area contributed by atoms with E-state index in [9.17, 15) is 9.59 Å². The van der Waals surface area contributed by atoms with E-state index in [2.05, 4.69) is 10.6 Å². The number of fused-ring (bicyclic) bond motifs is 1. The normalized spacial score (nSPS) is 14.0.